The monoisotopic (exact) mass is 322 g/mol. The molecule has 1 aromatic heterocycles. The first kappa shape index (κ1) is 15.3. The summed E-state index contributed by atoms with van der Waals surface area (Å²) in [5.74, 6) is 1.11. The number of carbonyl (C=O) groups excluding carboxylic acids is 1. The molecule has 0 unspecified atom stereocenters. The van der Waals surface area contributed by atoms with Crippen molar-refractivity contribution >= 4 is 5.78 Å². The summed E-state index contributed by atoms with van der Waals surface area (Å²) in [6.07, 6.45) is 7.57. The Hall–Kier alpha value is -2.20. The fourth-order valence-corrected chi connectivity index (χ4v) is 4.36. The number of benzene rings is 1. The van der Waals surface area contributed by atoms with E-state index in [1.54, 1.807) is 19.5 Å². The van der Waals surface area contributed by atoms with Gasteiger partial charge >= 0.3 is 0 Å². The Labute approximate surface area is 142 Å². The maximum absolute atomic E-state index is 13.2. The number of carbonyl (C=O) groups is 1. The minimum atomic E-state index is -0.340. The Bertz CT molecular complexity index is 719. The highest BCUT2D eigenvalue weighted by atomic mass is 16.5. The predicted octanol–water partition coefficient (Wildman–Crippen LogP) is 3.47. The Kier molecular flexibility index (Phi) is 3.85. The first-order chi connectivity index (χ1) is 11.7. The molecule has 4 rings (SSSR count). The van der Waals surface area contributed by atoms with Crippen LogP contribution in [0.5, 0.6) is 5.75 Å². The van der Waals surface area contributed by atoms with Gasteiger partial charge in [0.05, 0.1) is 12.6 Å². The number of Topliss-reactive ketones (excluding diaryl/α,β-unsaturated/α-hetero) is 1. The summed E-state index contributed by atoms with van der Waals surface area (Å²) in [6, 6.07) is 12.4. The molecule has 0 N–H and O–H groups in total. The van der Waals surface area contributed by atoms with Crippen molar-refractivity contribution in [1.29, 1.82) is 0 Å². The van der Waals surface area contributed by atoms with Crippen LogP contribution in [-0.2, 0) is 6.54 Å². The molecule has 1 aromatic carbocycles. The molecule has 124 valence electrons. The van der Waals surface area contributed by atoms with Crippen molar-refractivity contribution in [2.45, 2.75) is 43.8 Å². The number of ketones is 1. The first-order valence-corrected chi connectivity index (χ1v) is 8.57. The van der Waals surface area contributed by atoms with Crippen LogP contribution in [0.25, 0.3) is 0 Å². The number of ether oxygens (including phenoxy) is 1. The summed E-state index contributed by atoms with van der Waals surface area (Å²) >= 11 is 0. The maximum atomic E-state index is 13.2. The zero-order chi connectivity index (χ0) is 16.6. The average molecular weight is 322 g/mol. The van der Waals surface area contributed by atoms with Crippen molar-refractivity contribution in [1.82, 2.24) is 9.88 Å². The molecular weight excluding hydrogens is 300 g/mol. The van der Waals surface area contributed by atoms with Gasteiger partial charge in [0.25, 0.3) is 0 Å². The van der Waals surface area contributed by atoms with Crippen LogP contribution < -0.4 is 4.74 Å². The molecule has 2 aliphatic rings. The van der Waals surface area contributed by atoms with E-state index in [4.69, 9.17) is 4.74 Å². The van der Waals surface area contributed by atoms with Crippen LogP contribution in [0, 0.1) is 0 Å². The largest absolute Gasteiger partial charge is 0.497 e. The van der Waals surface area contributed by atoms with Crippen LogP contribution in [0.4, 0.5) is 0 Å². The highest BCUT2D eigenvalue weighted by Crippen LogP contribution is 2.48. The smallest absolute Gasteiger partial charge is 0.184 e. The van der Waals surface area contributed by atoms with Crippen LogP contribution in [0.1, 0.15) is 41.6 Å². The third kappa shape index (κ3) is 2.42. The van der Waals surface area contributed by atoms with E-state index < -0.39 is 0 Å². The lowest BCUT2D eigenvalue weighted by Crippen LogP contribution is -2.47. The molecule has 0 saturated carbocycles. The highest BCUT2D eigenvalue weighted by molar-refractivity contribution is 6.03. The van der Waals surface area contributed by atoms with Gasteiger partial charge < -0.3 is 4.74 Å². The summed E-state index contributed by atoms with van der Waals surface area (Å²) in [5, 5.41) is 0. The number of methoxy groups -OCH3 is 1. The third-order valence-electron chi connectivity index (χ3n) is 5.63. The fraction of sp³-hybridized carbons (Fsp3) is 0.400. The van der Waals surface area contributed by atoms with Gasteiger partial charge in [0.15, 0.2) is 5.78 Å². The highest BCUT2D eigenvalue weighted by Gasteiger charge is 2.55. The van der Waals surface area contributed by atoms with E-state index in [9.17, 15) is 4.79 Å². The van der Waals surface area contributed by atoms with Gasteiger partial charge in [0, 0.05) is 30.5 Å². The van der Waals surface area contributed by atoms with Crippen molar-refractivity contribution in [3.8, 4) is 5.75 Å². The number of rotatable bonds is 5. The molecule has 4 nitrogen and oxygen atoms in total. The summed E-state index contributed by atoms with van der Waals surface area (Å²) in [4.78, 5) is 19.8. The van der Waals surface area contributed by atoms with Gasteiger partial charge in [-0.1, -0.05) is 12.1 Å². The lowest BCUT2D eigenvalue weighted by Gasteiger charge is -2.33. The predicted molar refractivity (Wildman–Crippen MR) is 92.1 cm³/mol. The Morgan fingerprint density at radius 3 is 2.62 bits per heavy atom. The standard InChI is InChI=1S/C20H22N2O2/c1-24-18-6-4-15(5-7-18)14-22-17-8-10-20(22,11-9-17)19(23)16-3-2-12-21-13-16/h2-7,12-13,17H,8-11,14H2,1H3. The van der Waals surface area contributed by atoms with Crippen LogP contribution in [-0.4, -0.2) is 34.4 Å². The van der Waals surface area contributed by atoms with Gasteiger partial charge in [-0.25, -0.2) is 0 Å². The molecule has 2 saturated heterocycles. The van der Waals surface area contributed by atoms with Gasteiger partial charge in [-0.15, -0.1) is 0 Å². The van der Waals surface area contributed by atoms with E-state index >= 15 is 0 Å². The second-order valence-corrected chi connectivity index (χ2v) is 6.81. The molecular formula is C20H22N2O2. The average Bonchev–Trinajstić information content (AvgIpc) is 3.18. The zero-order valence-electron chi connectivity index (χ0n) is 13.9. The first-order valence-electron chi connectivity index (χ1n) is 8.57. The SMILES string of the molecule is COc1ccc(CN2C3CCC2(C(=O)c2cccnc2)CC3)cc1. The lowest BCUT2D eigenvalue weighted by molar-refractivity contribution is 0.0689. The minimum Gasteiger partial charge on any atom is -0.497 e. The second-order valence-electron chi connectivity index (χ2n) is 6.81. The lowest BCUT2D eigenvalue weighted by atomic mass is 9.82. The molecule has 2 aliphatic heterocycles. The number of aromatic nitrogens is 1. The number of pyridine rings is 1. The molecule has 0 atom stereocenters. The molecule has 24 heavy (non-hydrogen) atoms. The van der Waals surface area contributed by atoms with Gasteiger partial charge in [-0.3, -0.25) is 14.7 Å². The van der Waals surface area contributed by atoms with Crippen molar-refractivity contribution in [2.24, 2.45) is 0 Å². The molecule has 0 amide bonds. The van der Waals surface area contributed by atoms with E-state index in [0.29, 0.717) is 6.04 Å². The molecule has 0 spiro atoms. The van der Waals surface area contributed by atoms with Crippen LogP contribution in [0.15, 0.2) is 48.8 Å². The fourth-order valence-electron chi connectivity index (χ4n) is 4.36. The Morgan fingerprint density at radius 2 is 2.00 bits per heavy atom. The number of fused-ring (bicyclic) bond motifs is 2. The van der Waals surface area contributed by atoms with Gasteiger partial charge in [-0.2, -0.15) is 0 Å². The topological polar surface area (TPSA) is 42.4 Å². The van der Waals surface area contributed by atoms with Crippen LogP contribution >= 0.6 is 0 Å². The quantitative estimate of drug-likeness (QED) is 0.791. The van der Waals surface area contributed by atoms with Crippen molar-refractivity contribution in [2.75, 3.05) is 7.11 Å². The van der Waals surface area contributed by atoms with Crippen molar-refractivity contribution in [3.05, 3.63) is 59.9 Å². The van der Waals surface area contributed by atoms with E-state index in [2.05, 4.69) is 22.0 Å². The van der Waals surface area contributed by atoms with Crippen molar-refractivity contribution in [3.63, 3.8) is 0 Å². The minimum absolute atomic E-state index is 0.240. The van der Waals surface area contributed by atoms with E-state index in [0.717, 1.165) is 43.5 Å². The number of nitrogens with zero attached hydrogens (tertiary/aromatic N) is 2. The molecule has 3 heterocycles. The van der Waals surface area contributed by atoms with E-state index in [1.807, 2.05) is 24.3 Å². The van der Waals surface area contributed by atoms with E-state index in [1.165, 1.54) is 5.56 Å². The second kappa shape index (κ2) is 6.02. The number of hydrogen-bond donors (Lipinski definition) is 0. The normalized spacial score (nSPS) is 25.8. The molecule has 2 fully saturated rings. The molecule has 0 aliphatic carbocycles. The summed E-state index contributed by atoms with van der Waals surface area (Å²) in [7, 11) is 1.68. The summed E-state index contributed by atoms with van der Waals surface area (Å²) in [6.45, 7) is 0.820. The maximum Gasteiger partial charge on any atom is 0.184 e. The van der Waals surface area contributed by atoms with Crippen molar-refractivity contribution < 1.29 is 9.53 Å². The summed E-state index contributed by atoms with van der Waals surface area (Å²) in [5.41, 5.74) is 1.63. The van der Waals surface area contributed by atoms with Crippen LogP contribution in [0.3, 0.4) is 0 Å². The summed E-state index contributed by atoms with van der Waals surface area (Å²) < 4.78 is 5.23. The molecule has 2 bridgehead atoms. The van der Waals surface area contributed by atoms with Crippen LogP contribution in [0.2, 0.25) is 0 Å². The van der Waals surface area contributed by atoms with E-state index in [-0.39, 0.29) is 11.3 Å². The number of hydrogen-bond acceptors (Lipinski definition) is 4. The van der Waals surface area contributed by atoms with Gasteiger partial charge in [0.2, 0.25) is 0 Å². The molecule has 4 heteroatoms. The third-order valence-corrected chi connectivity index (χ3v) is 5.63. The van der Waals surface area contributed by atoms with Gasteiger partial charge in [-0.05, 0) is 55.5 Å². The zero-order valence-corrected chi connectivity index (χ0v) is 13.9. The molecule has 0 radical (unpaired) electrons. The molecule has 2 aromatic rings. The Balaban J connectivity index is 1.61. The van der Waals surface area contributed by atoms with Gasteiger partial charge in [0.1, 0.15) is 5.75 Å². The Morgan fingerprint density at radius 1 is 1.25 bits per heavy atom.